The average Bonchev–Trinajstić information content (AvgIpc) is 2.59. The van der Waals surface area contributed by atoms with Crippen LogP contribution in [0.25, 0.3) is 17.2 Å². The van der Waals surface area contributed by atoms with Gasteiger partial charge >= 0.3 is 0 Å². The summed E-state index contributed by atoms with van der Waals surface area (Å²) < 4.78 is 1.86. The first-order valence-corrected chi connectivity index (χ1v) is 4.55. The molecular formula is C10H12N4. The van der Waals surface area contributed by atoms with Crippen LogP contribution >= 0.6 is 0 Å². The summed E-state index contributed by atoms with van der Waals surface area (Å²) in [6.45, 7) is 7.79. The molecule has 0 aromatic carbocycles. The second-order valence-electron chi connectivity index (χ2n) is 3.41. The maximum Gasteiger partial charge on any atom is 0.199 e. The summed E-state index contributed by atoms with van der Waals surface area (Å²) in [4.78, 5) is 8.52. The van der Waals surface area contributed by atoms with Gasteiger partial charge in [-0.15, -0.1) is 0 Å². The molecule has 0 aliphatic heterocycles. The third kappa shape index (κ3) is 1.39. The summed E-state index contributed by atoms with van der Waals surface area (Å²) >= 11 is 0. The molecule has 4 nitrogen and oxygen atoms in total. The molecule has 2 aromatic heterocycles. The monoisotopic (exact) mass is 188 g/mol. The van der Waals surface area contributed by atoms with E-state index in [0.717, 1.165) is 11.2 Å². The first-order valence-electron chi connectivity index (χ1n) is 4.55. The molecule has 72 valence electrons. The topological polar surface area (TPSA) is 43.6 Å². The zero-order valence-electron chi connectivity index (χ0n) is 8.31. The summed E-state index contributed by atoms with van der Waals surface area (Å²) in [6, 6.07) is 0.332. The zero-order valence-corrected chi connectivity index (χ0v) is 8.31. The van der Waals surface area contributed by atoms with Crippen molar-refractivity contribution < 1.29 is 0 Å². The largest absolute Gasteiger partial charge is 0.266 e. The van der Waals surface area contributed by atoms with Crippen LogP contribution in [0, 0.1) is 0 Å². The second-order valence-corrected chi connectivity index (χ2v) is 3.41. The number of hydrogen-bond donors (Lipinski definition) is 0. The van der Waals surface area contributed by atoms with Crippen LogP contribution in [0.5, 0.6) is 0 Å². The molecule has 0 spiro atoms. The van der Waals surface area contributed by atoms with Crippen molar-refractivity contribution in [3.05, 3.63) is 24.7 Å². The molecular weight excluding hydrogens is 176 g/mol. The Balaban J connectivity index is 2.59. The zero-order chi connectivity index (χ0) is 10.1. The normalized spacial score (nSPS) is 11.1. The van der Waals surface area contributed by atoms with Crippen molar-refractivity contribution in [3.63, 3.8) is 0 Å². The van der Waals surface area contributed by atoms with E-state index in [1.54, 1.807) is 12.3 Å². The third-order valence-electron chi connectivity index (χ3n) is 2.00. The Bertz CT molecular complexity index is 470. The predicted octanol–water partition coefficient (Wildman–Crippen LogP) is 2.05. The predicted molar refractivity (Wildman–Crippen MR) is 55.8 cm³/mol. The maximum absolute atomic E-state index is 4.33. The molecule has 0 saturated heterocycles. The molecule has 14 heavy (non-hydrogen) atoms. The van der Waals surface area contributed by atoms with Crippen LogP contribution < -0.4 is 0 Å². The van der Waals surface area contributed by atoms with Gasteiger partial charge < -0.3 is 0 Å². The average molecular weight is 188 g/mol. The van der Waals surface area contributed by atoms with Gasteiger partial charge in [0.1, 0.15) is 5.52 Å². The summed E-state index contributed by atoms with van der Waals surface area (Å²) in [5.41, 5.74) is 2.28. The van der Waals surface area contributed by atoms with Crippen molar-refractivity contribution in [1.82, 2.24) is 19.7 Å². The van der Waals surface area contributed by atoms with Gasteiger partial charge in [-0.25, -0.2) is 9.97 Å². The first-order chi connectivity index (χ1) is 6.70. The lowest BCUT2D eigenvalue weighted by Gasteiger charge is -2.01. The molecule has 0 bridgehead atoms. The summed E-state index contributed by atoms with van der Waals surface area (Å²) in [6.07, 6.45) is 5.26. The van der Waals surface area contributed by atoms with E-state index >= 15 is 0 Å². The minimum Gasteiger partial charge on any atom is -0.266 e. The second kappa shape index (κ2) is 3.21. The van der Waals surface area contributed by atoms with E-state index in [1.165, 1.54) is 0 Å². The quantitative estimate of drug-likeness (QED) is 0.724. The molecule has 0 amide bonds. The number of rotatable bonds is 2. The molecule has 2 heterocycles. The Morgan fingerprint density at radius 1 is 1.50 bits per heavy atom. The molecule has 0 fully saturated rings. The van der Waals surface area contributed by atoms with Gasteiger partial charge in [0.05, 0.1) is 18.1 Å². The van der Waals surface area contributed by atoms with Crippen LogP contribution in [0.4, 0.5) is 0 Å². The van der Waals surface area contributed by atoms with Crippen LogP contribution in [0.2, 0.25) is 0 Å². The highest BCUT2D eigenvalue weighted by atomic mass is 15.3. The van der Waals surface area contributed by atoms with Crippen LogP contribution in [0.3, 0.4) is 0 Å². The molecule has 4 heteroatoms. The van der Waals surface area contributed by atoms with E-state index < -0.39 is 0 Å². The summed E-state index contributed by atoms with van der Waals surface area (Å²) in [5, 5.41) is 4.30. The van der Waals surface area contributed by atoms with Crippen molar-refractivity contribution in [1.29, 1.82) is 0 Å². The fraction of sp³-hybridized carbons (Fsp3) is 0.300. The molecule has 0 saturated carbocycles. The Morgan fingerprint density at radius 3 is 2.93 bits per heavy atom. The fourth-order valence-electron chi connectivity index (χ4n) is 1.20. The SMILES string of the molecule is C=Cc1cnc2nn(C(C)C)cc2n1. The lowest BCUT2D eigenvalue weighted by molar-refractivity contribution is 0.536. The minimum absolute atomic E-state index is 0.332. The molecule has 2 aromatic rings. The van der Waals surface area contributed by atoms with E-state index in [9.17, 15) is 0 Å². The van der Waals surface area contributed by atoms with Crippen molar-refractivity contribution in [2.45, 2.75) is 19.9 Å². The Hall–Kier alpha value is -1.71. The Morgan fingerprint density at radius 2 is 2.29 bits per heavy atom. The highest BCUT2D eigenvalue weighted by molar-refractivity contribution is 5.69. The number of fused-ring (bicyclic) bond motifs is 1. The van der Waals surface area contributed by atoms with Crippen molar-refractivity contribution in [3.8, 4) is 0 Å². The lowest BCUT2D eigenvalue weighted by atomic mass is 10.4. The Labute approximate surface area is 82.3 Å². The highest BCUT2D eigenvalue weighted by Crippen LogP contribution is 2.11. The van der Waals surface area contributed by atoms with Crippen LogP contribution in [-0.4, -0.2) is 19.7 Å². The van der Waals surface area contributed by atoms with Gasteiger partial charge in [0.15, 0.2) is 5.65 Å². The van der Waals surface area contributed by atoms with Gasteiger partial charge in [0.2, 0.25) is 0 Å². The van der Waals surface area contributed by atoms with E-state index in [4.69, 9.17) is 0 Å². The van der Waals surface area contributed by atoms with Gasteiger partial charge in [-0.2, -0.15) is 5.10 Å². The van der Waals surface area contributed by atoms with Crippen molar-refractivity contribution >= 4 is 17.2 Å². The Kier molecular flexibility index (Phi) is 2.04. The number of aromatic nitrogens is 4. The third-order valence-corrected chi connectivity index (χ3v) is 2.00. The van der Waals surface area contributed by atoms with Gasteiger partial charge in [0, 0.05) is 6.04 Å². The van der Waals surface area contributed by atoms with E-state index in [2.05, 4.69) is 35.5 Å². The van der Waals surface area contributed by atoms with Gasteiger partial charge in [0.25, 0.3) is 0 Å². The van der Waals surface area contributed by atoms with E-state index in [-0.39, 0.29) is 0 Å². The smallest absolute Gasteiger partial charge is 0.199 e. The molecule has 0 radical (unpaired) electrons. The highest BCUT2D eigenvalue weighted by Gasteiger charge is 2.05. The van der Waals surface area contributed by atoms with E-state index in [1.807, 2.05) is 10.9 Å². The van der Waals surface area contributed by atoms with Gasteiger partial charge in [-0.3, -0.25) is 4.68 Å². The van der Waals surface area contributed by atoms with Gasteiger partial charge in [-0.05, 0) is 19.9 Å². The number of hydrogen-bond acceptors (Lipinski definition) is 3. The van der Waals surface area contributed by atoms with E-state index in [0.29, 0.717) is 11.7 Å². The molecule has 0 N–H and O–H groups in total. The molecule has 2 rings (SSSR count). The van der Waals surface area contributed by atoms with Crippen molar-refractivity contribution in [2.75, 3.05) is 0 Å². The minimum atomic E-state index is 0.332. The van der Waals surface area contributed by atoms with Crippen LogP contribution in [-0.2, 0) is 0 Å². The summed E-state index contributed by atoms with van der Waals surface area (Å²) in [7, 11) is 0. The maximum atomic E-state index is 4.33. The lowest BCUT2D eigenvalue weighted by Crippen LogP contribution is -2.00. The molecule has 0 aliphatic carbocycles. The van der Waals surface area contributed by atoms with Crippen LogP contribution in [0.1, 0.15) is 25.6 Å². The molecule has 0 unspecified atom stereocenters. The number of nitrogens with zero attached hydrogens (tertiary/aromatic N) is 4. The van der Waals surface area contributed by atoms with Crippen molar-refractivity contribution in [2.24, 2.45) is 0 Å². The molecule has 0 atom stereocenters. The summed E-state index contributed by atoms with van der Waals surface area (Å²) in [5.74, 6) is 0. The standard InChI is InChI=1S/C10H12N4/c1-4-8-5-11-10-9(12-8)6-14(13-10)7(2)3/h4-7H,1H2,2-3H3. The fourth-order valence-corrected chi connectivity index (χ4v) is 1.20. The van der Waals surface area contributed by atoms with Crippen LogP contribution in [0.15, 0.2) is 19.0 Å². The molecule has 0 aliphatic rings. The van der Waals surface area contributed by atoms with Gasteiger partial charge in [-0.1, -0.05) is 6.58 Å². The first kappa shape index (κ1) is 8.87.